The maximum Gasteiger partial charge on any atom is 0.265 e. The molecular formula is C10H13BrN2O3. The molecule has 5 nitrogen and oxygen atoms in total. The lowest BCUT2D eigenvalue weighted by Crippen LogP contribution is -2.30. The predicted octanol–water partition coefficient (Wildman–Crippen LogP) is 1.46. The molecule has 0 radical (unpaired) electrons. The fourth-order valence-electron chi connectivity index (χ4n) is 1.22. The van der Waals surface area contributed by atoms with Gasteiger partial charge >= 0.3 is 0 Å². The summed E-state index contributed by atoms with van der Waals surface area (Å²) in [4.78, 5) is 11.3. The number of nitrogen functional groups attached to an aromatic ring is 1. The van der Waals surface area contributed by atoms with Crippen LogP contribution in [0.4, 0.5) is 0 Å². The van der Waals surface area contributed by atoms with E-state index in [-0.39, 0.29) is 5.91 Å². The van der Waals surface area contributed by atoms with Gasteiger partial charge in [0.05, 0.1) is 18.2 Å². The Hall–Kier alpha value is -1.27. The zero-order chi connectivity index (χ0) is 12.1. The highest BCUT2D eigenvalue weighted by Gasteiger charge is 2.14. The first kappa shape index (κ1) is 12.8. The number of nitrogens with two attached hydrogens (primary N) is 1. The first-order valence-corrected chi connectivity index (χ1v) is 5.44. The summed E-state index contributed by atoms with van der Waals surface area (Å²) >= 11 is 3.31. The van der Waals surface area contributed by atoms with Crippen molar-refractivity contribution in [2.45, 2.75) is 6.92 Å². The Morgan fingerprint density at radius 2 is 2.25 bits per heavy atom. The monoisotopic (exact) mass is 288 g/mol. The molecule has 0 spiro atoms. The molecule has 0 saturated carbocycles. The molecule has 0 aliphatic carbocycles. The summed E-state index contributed by atoms with van der Waals surface area (Å²) in [6, 6.07) is 3.19. The number of halogens is 1. The van der Waals surface area contributed by atoms with Crippen LogP contribution < -0.4 is 20.7 Å². The van der Waals surface area contributed by atoms with E-state index in [0.717, 1.165) is 0 Å². The van der Waals surface area contributed by atoms with Crippen LogP contribution in [0.5, 0.6) is 11.5 Å². The molecule has 1 rings (SSSR count). The molecule has 0 aromatic heterocycles. The Morgan fingerprint density at radius 3 is 2.75 bits per heavy atom. The van der Waals surface area contributed by atoms with Gasteiger partial charge in [-0.15, -0.1) is 0 Å². The molecule has 0 bridgehead atoms. The van der Waals surface area contributed by atoms with Gasteiger partial charge in [-0.1, -0.05) is 0 Å². The Bertz CT molecular complexity index is 396. The topological polar surface area (TPSA) is 73.6 Å². The van der Waals surface area contributed by atoms with Gasteiger partial charge in [0.2, 0.25) is 0 Å². The van der Waals surface area contributed by atoms with Crippen molar-refractivity contribution in [2.24, 2.45) is 5.84 Å². The van der Waals surface area contributed by atoms with Crippen LogP contribution in [0, 0.1) is 0 Å². The predicted molar refractivity (Wildman–Crippen MR) is 63.5 cm³/mol. The number of carbonyl (C=O) groups is 1. The van der Waals surface area contributed by atoms with Gasteiger partial charge in [-0.2, -0.15) is 0 Å². The van der Waals surface area contributed by atoms with Crippen LogP contribution in [0.1, 0.15) is 17.3 Å². The molecule has 0 aliphatic rings. The van der Waals surface area contributed by atoms with Crippen molar-refractivity contribution >= 4 is 21.8 Å². The number of hydrogen-bond acceptors (Lipinski definition) is 4. The average molecular weight is 289 g/mol. The van der Waals surface area contributed by atoms with Gasteiger partial charge in [-0.05, 0) is 35.0 Å². The third kappa shape index (κ3) is 2.65. The number of methoxy groups -OCH3 is 1. The van der Waals surface area contributed by atoms with Gasteiger partial charge in [-0.3, -0.25) is 10.2 Å². The minimum absolute atomic E-state index is 0.387. The van der Waals surface area contributed by atoms with E-state index in [2.05, 4.69) is 21.4 Å². The fraction of sp³-hybridized carbons (Fsp3) is 0.300. The van der Waals surface area contributed by atoms with Crippen LogP contribution in [-0.4, -0.2) is 19.6 Å². The van der Waals surface area contributed by atoms with Crippen LogP contribution in [-0.2, 0) is 0 Å². The molecule has 0 heterocycles. The zero-order valence-corrected chi connectivity index (χ0v) is 10.6. The fourth-order valence-corrected chi connectivity index (χ4v) is 1.78. The Morgan fingerprint density at radius 1 is 1.56 bits per heavy atom. The summed E-state index contributed by atoms with van der Waals surface area (Å²) < 4.78 is 11.2. The van der Waals surface area contributed by atoms with E-state index < -0.39 is 0 Å². The number of ether oxygens (including phenoxy) is 2. The first-order chi connectivity index (χ1) is 7.63. The molecule has 0 unspecified atom stereocenters. The molecule has 0 atom stereocenters. The molecular weight excluding hydrogens is 276 g/mol. The molecule has 0 saturated heterocycles. The van der Waals surface area contributed by atoms with Crippen LogP contribution in [0.15, 0.2) is 16.6 Å². The largest absolute Gasteiger partial charge is 0.493 e. The van der Waals surface area contributed by atoms with Gasteiger partial charge < -0.3 is 9.47 Å². The molecule has 88 valence electrons. The van der Waals surface area contributed by atoms with Crippen molar-refractivity contribution in [1.82, 2.24) is 5.43 Å². The van der Waals surface area contributed by atoms with Gasteiger partial charge in [0, 0.05) is 5.56 Å². The lowest BCUT2D eigenvalue weighted by molar-refractivity contribution is 0.0953. The van der Waals surface area contributed by atoms with Crippen molar-refractivity contribution in [3.8, 4) is 11.5 Å². The number of hydrogen-bond donors (Lipinski definition) is 2. The zero-order valence-electron chi connectivity index (χ0n) is 9.04. The van der Waals surface area contributed by atoms with E-state index in [1.165, 1.54) is 7.11 Å². The Balaban J connectivity index is 3.20. The number of hydrazine groups is 1. The molecule has 0 fully saturated rings. The van der Waals surface area contributed by atoms with Crippen LogP contribution in [0.3, 0.4) is 0 Å². The second kappa shape index (κ2) is 5.72. The van der Waals surface area contributed by atoms with Crippen molar-refractivity contribution in [1.29, 1.82) is 0 Å². The van der Waals surface area contributed by atoms with Crippen molar-refractivity contribution < 1.29 is 14.3 Å². The molecule has 0 aliphatic heterocycles. The number of rotatable bonds is 4. The van der Waals surface area contributed by atoms with Gasteiger partial charge in [0.25, 0.3) is 5.91 Å². The minimum atomic E-state index is -0.387. The Kier molecular flexibility index (Phi) is 4.57. The van der Waals surface area contributed by atoms with Crippen LogP contribution in [0.2, 0.25) is 0 Å². The van der Waals surface area contributed by atoms with E-state index in [9.17, 15) is 4.79 Å². The lowest BCUT2D eigenvalue weighted by Gasteiger charge is -2.12. The summed E-state index contributed by atoms with van der Waals surface area (Å²) in [5, 5.41) is 0. The standard InChI is InChI=1S/C10H13BrN2O3/c1-3-16-9-7(11)4-6(10(14)13-12)5-8(9)15-2/h4-5H,3,12H2,1-2H3,(H,13,14). The normalized spacial score (nSPS) is 9.75. The second-order valence-corrected chi connectivity index (χ2v) is 3.75. The third-order valence-electron chi connectivity index (χ3n) is 1.91. The van der Waals surface area contributed by atoms with E-state index in [1.807, 2.05) is 6.92 Å². The summed E-state index contributed by atoms with van der Waals surface area (Å²) in [5.41, 5.74) is 2.45. The van der Waals surface area contributed by atoms with E-state index >= 15 is 0 Å². The quantitative estimate of drug-likeness (QED) is 0.500. The molecule has 1 aromatic rings. The second-order valence-electron chi connectivity index (χ2n) is 2.90. The SMILES string of the molecule is CCOc1c(Br)cc(C(=O)NN)cc1OC. The summed E-state index contributed by atoms with van der Waals surface area (Å²) in [6.07, 6.45) is 0. The molecule has 16 heavy (non-hydrogen) atoms. The highest BCUT2D eigenvalue weighted by atomic mass is 79.9. The van der Waals surface area contributed by atoms with Crippen LogP contribution in [0.25, 0.3) is 0 Å². The number of amides is 1. The Labute approximate surface area is 102 Å². The lowest BCUT2D eigenvalue weighted by atomic mass is 10.2. The van der Waals surface area contributed by atoms with Crippen molar-refractivity contribution in [3.05, 3.63) is 22.2 Å². The summed E-state index contributed by atoms with van der Waals surface area (Å²) in [5.74, 6) is 5.72. The minimum Gasteiger partial charge on any atom is -0.493 e. The van der Waals surface area contributed by atoms with E-state index in [4.69, 9.17) is 15.3 Å². The number of carbonyl (C=O) groups excluding carboxylic acids is 1. The maximum atomic E-state index is 11.3. The summed E-state index contributed by atoms with van der Waals surface area (Å²) in [6.45, 7) is 2.38. The molecule has 6 heteroatoms. The van der Waals surface area contributed by atoms with E-state index in [0.29, 0.717) is 28.1 Å². The highest BCUT2D eigenvalue weighted by Crippen LogP contribution is 2.36. The summed E-state index contributed by atoms with van der Waals surface area (Å²) in [7, 11) is 1.51. The molecule has 1 aromatic carbocycles. The van der Waals surface area contributed by atoms with Gasteiger partial charge in [0.15, 0.2) is 11.5 Å². The van der Waals surface area contributed by atoms with Gasteiger partial charge in [0.1, 0.15) is 0 Å². The molecule has 1 amide bonds. The average Bonchev–Trinajstić information content (AvgIpc) is 2.30. The van der Waals surface area contributed by atoms with Crippen molar-refractivity contribution in [3.63, 3.8) is 0 Å². The number of nitrogens with one attached hydrogen (secondary N) is 1. The highest BCUT2D eigenvalue weighted by molar-refractivity contribution is 9.10. The molecule has 3 N–H and O–H groups in total. The van der Waals surface area contributed by atoms with Gasteiger partial charge in [-0.25, -0.2) is 5.84 Å². The van der Waals surface area contributed by atoms with E-state index in [1.54, 1.807) is 12.1 Å². The van der Waals surface area contributed by atoms with Crippen molar-refractivity contribution in [2.75, 3.05) is 13.7 Å². The van der Waals surface area contributed by atoms with Crippen LogP contribution >= 0.6 is 15.9 Å². The smallest absolute Gasteiger partial charge is 0.265 e. The number of benzene rings is 1. The maximum absolute atomic E-state index is 11.3. The first-order valence-electron chi connectivity index (χ1n) is 4.65. The third-order valence-corrected chi connectivity index (χ3v) is 2.50.